The molecule has 0 radical (unpaired) electrons. The van der Waals surface area contributed by atoms with E-state index >= 15 is 0 Å². The number of nitrogens with two attached hydrogens (primary N) is 1. The molecule has 0 aliphatic carbocycles. The van der Waals surface area contributed by atoms with E-state index in [1.54, 1.807) is 13.0 Å². The highest BCUT2D eigenvalue weighted by molar-refractivity contribution is 7.89. The van der Waals surface area contributed by atoms with Crippen molar-refractivity contribution < 1.29 is 13.2 Å². The molecule has 0 saturated heterocycles. The van der Waals surface area contributed by atoms with Crippen molar-refractivity contribution in [2.45, 2.75) is 31.2 Å². The number of hydrogen-bond donors (Lipinski definition) is 2. The van der Waals surface area contributed by atoms with Crippen LogP contribution in [-0.2, 0) is 10.0 Å². The summed E-state index contributed by atoms with van der Waals surface area (Å²) in [7, 11) is -3.53. The Labute approximate surface area is 107 Å². The molecule has 0 fully saturated rings. The van der Waals surface area contributed by atoms with Crippen molar-refractivity contribution in [2.75, 3.05) is 13.2 Å². The number of hydrogen-bond acceptors (Lipinski definition) is 4. The van der Waals surface area contributed by atoms with E-state index in [-0.39, 0.29) is 10.9 Å². The lowest BCUT2D eigenvalue weighted by Crippen LogP contribution is -2.27. The summed E-state index contributed by atoms with van der Waals surface area (Å²) in [5, 5.41) is 0. The standard InChI is InChI=1S/C12H18N2O3S/c1-3-14-18(15,16)11-7-8(2)6-9-10(13)4-5-17-12(9)11/h6-7,10,14H,3-5,13H2,1-2H3. The quantitative estimate of drug-likeness (QED) is 0.861. The second kappa shape index (κ2) is 4.87. The Hall–Kier alpha value is -1.11. The minimum Gasteiger partial charge on any atom is -0.492 e. The third-order valence-electron chi connectivity index (χ3n) is 2.93. The molecule has 0 saturated carbocycles. The fourth-order valence-corrected chi connectivity index (χ4v) is 3.41. The molecular formula is C12H18N2O3S. The molecule has 6 heteroatoms. The summed E-state index contributed by atoms with van der Waals surface area (Å²) in [6.07, 6.45) is 0.706. The maximum absolute atomic E-state index is 12.1. The summed E-state index contributed by atoms with van der Waals surface area (Å²) in [6, 6.07) is 3.35. The van der Waals surface area contributed by atoms with Crippen molar-refractivity contribution >= 4 is 10.0 Å². The van der Waals surface area contributed by atoms with Crippen molar-refractivity contribution in [2.24, 2.45) is 5.73 Å². The van der Waals surface area contributed by atoms with Crippen LogP contribution in [0.5, 0.6) is 5.75 Å². The third-order valence-corrected chi connectivity index (χ3v) is 4.48. The zero-order valence-corrected chi connectivity index (χ0v) is 11.4. The number of aryl methyl sites for hydroxylation is 1. The van der Waals surface area contributed by atoms with Gasteiger partial charge in [-0.15, -0.1) is 0 Å². The van der Waals surface area contributed by atoms with E-state index in [2.05, 4.69) is 4.72 Å². The fraction of sp³-hybridized carbons (Fsp3) is 0.500. The first-order valence-electron chi connectivity index (χ1n) is 5.98. The molecule has 1 heterocycles. The molecule has 1 unspecified atom stereocenters. The van der Waals surface area contributed by atoms with E-state index < -0.39 is 10.0 Å². The predicted octanol–water partition coefficient (Wildman–Crippen LogP) is 1.08. The molecule has 18 heavy (non-hydrogen) atoms. The van der Waals surface area contributed by atoms with Crippen LogP contribution < -0.4 is 15.2 Å². The van der Waals surface area contributed by atoms with Gasteiger partial charge in [0, 0.05) is 24.6 Å². The number of sulfonamides is 1. The van der Waals surface area contributed by atoms with Gasteiger partial charge in [0.1, 0.15) is 10.6 Å². The number of fused-ring (bicyclic) bond motifs is 1. The number of nitrogens with one attached hydrogen (secondary N) is 1. The van der Waals surface area contributed by atoms with Gasteiger partial charge in [-0.1, -0.05) is 13.0 Å². The molecule has 1 atom stereocenters. The van der Waals surface area contributed by atoms with Crippen molar-refractivity contribution in [3.8, 4) is 5.75 Å². The zero-order valence-electron chi connectivity index (χ0n) is 10.6. The SMILES string of the molecule is CCNS(=O)(=O)c1cc(C)cc2c1OCCC2N. The molecule has 2 rings (SSSR count). The largest absolute Gasteiger partial charge is 0.492 e. The van der Waals surface area contributed by atoms with Crippen LogP contribution in [0.25, 0.3) is 0 Å². The molecule has 0 bridgehead atoms. The van der Waals surface area contributed by atoms with Crippen molar-refractivity contribution in [1.82, 2.24) is 4.72 Å². The van der Waals surface area contributed by atoms with Crippen LogP contribution in [0, 0.1) is 6.92 Å². The summed E-state index contributed by atoms with van der Waals surface area (Å²) in [4.78, 5) is 0.189. The highest BCUT2D eigenvalue weighted by Gasteiger charge is 2.27. The van der Waals surface area contributed by atoms with Gasteiger partial charge in [0.15, 0.2) is 0 Å². The predicted molar refractivity (Wildman–Crippen MR) is 69.1 cm³/mol. The van der Waals surface area contributed by atoms with Crippen LogP contribution in [0.2, 0.25) is 0 Å². The highest BCUT2D eigenvalue weighted by Crippen LogP contribution is 2.37. The van der Waals surface area contributed by atoms with Gasteiger partial charge in [-0.25, -0.2) is 13.1 Å². The number of benzene rings is 1. The van der Waals surface area contributed by atoms with Crippen LogP contribution in [-0.4, -0.2) is 21.6 Å². The molecule has 1 aliphatic heterocycles. The van der Waals surface area contributed by atoms with Gasteiger partial charge in [-0.3, -0.25) is 0 Å². The lowest BCUT2D eigenvalue weighted by Gasteiger charge is -2.25. The van der Waals surface area contributed by atoms with Gasteiger partial charge < -0.3 is 10.5 Å². The first-order valence-corrected chi connectivity index (χ1v) is 7.46. The van der Waals surface area contributed by atoms with E-state index in [4.69, 9.17) is 10.5 Å². The van der Waals surface area contributed by atoms with Crippen LogP contribution in [0.1, 0.15) is 30.5 Å². The zero-order chi connectivity index (χ0) is 13.3. The van der Waals surface area contributed by atoms with Gasteiger partial charge in [0.2, 0.25) is 10.0 Å². The normalized spacial score (nSPS) is 19.2. The van der Waals surface area contributed by atoms with Crippen LogP contribution in [0.3, 0.4) is 0 Å². The molecule has 1 aliphatic rings. The monoisotopic (exact) mass is 270 g/mol. The number of rotatable bonds is 3. The third kappa shape index (κ3) is 2.36. The summed E-state index contributed by atoms with van der Waals surface area (Å²) >= 11 is 0. The Morgan fingerprint density at radius 3 is 2.89 bits per heavy atom. The molecule has 0 spiro atoms. The smallest absolute Gasteiger partial charge is 0.244 e. The average Bonchev–Trinajstić information content (AvgIpc) is 2.29. The van der Waals surface area contributed by atoms with E-state index in [0.717, 1.165) is 11.1 Å². The van der Waals surface area contributed by atoms with Gasteiger partial charge in [-0.2, -0.15) is 0 Å². The van der Waals surface area contributed by atoms with Crippen molar-refractivity contribution in [1.29, 1.82) is 0 Å². The second-order valence-electron chi connectivity index (χ2n) is 4.43. The Kier molecular flexibility index (Phi) is 3.61. The molecule has 0 aromatic heterocycles. The van der Waals surface area contributed by atoms with Crippen molar-refractivity contribution in [3.05, 3.63) is 23.3 Å². The minimum absolute atomic E-state index is 0.163. The Morgan fingerprint density at radius 1 is 1.50 bits per heavy atom. The Morgan fingerprint density at radius 2 is 2.22 bits per heavy atom. The lowest BCUT2D eigenvalue weighted by atomic mass is 9.99. The second-order valence-corrected chi connectivity index (χ2v) is 6.16. The molecule has 100 valence electrons. The van der Waals surface area contributed by atoms with Crippen molar-refractivity contribution in [3.63, 3.8) is 0 Å². The minimum atomic E-state index is -3.53. The van der Waals surface area contributed by atoms with E-state index in [1.807, 2.05) is 13.0 Å². The Balaban J connectivity index is 2.61. The van der Waals surface area contributed by atoms with Gasteiger partial charge in [-0.05, 0) is 18.6 Å². The summed E-state index contributed by atoms with van der Waals surface area (Å²) < 4.78 is 32.3. The van der Waals surface area contributed by atoms with E-state index in [1.165, 1.54) is 0 Å². The lowest BCUT2D eigenvalue weighted by molar-refractivity contribution is 0.261. The molecular weight excluding hydrogens is 252 g/mol. The molecule has 1 aromatic rings. The van der Waals surface area contributed by atoms with Gasteiger partial charge in [0.05, 0.1) is 6.61 Å². The van der Waals surface area contributed by atoms with Crippen LogP contribution in [0.4, 0.5) is 0 Å². The van der Waals surface area contributed by atoms with Crippen LogP contribution in [0.15, 0.2) is 17.0 Å². The first kappa shape index (κ1) is 13.3. The topological polar surface area (TPSA) is 81.4 Å². The molecule has 3 N–H and O–H groups in total. The molecule has 0 amide bonds. The Bertz CT molecular complexity index is 555. The molecule has 5 nitrogen and oxygen atoms in total. The van der Waals surface area contributed by atoms with Gasteiger partial charge >= 0.3 is 0 Å². The number of ether oxygens (including phenoxy) is 1. The average molecular weight is 270 g/mol. The maximum Gasteiger partial charge on any atom is 0.244 e. The summed E-state index contributed by atoms with van der Waals surface area (Å²) in [5.41, 5.74) is 7.65. The van der Waals surface area contributed by atoms with E-state index in [9.17, 15) is 8.42 Å². The van der Waals surface area contributed by atoms with Crippen LogP contribution >= 0.6 is 0 Å². The summed E-state index contributed by atoms with van der Waals surface area (Å²) in [5.74, 6) is 0.403. The first-order chi connectivity index (χ1) is 8.45. The molecule has 1 aromatic carbocycles. The van der Waals surface area contributed by atoms with E-state index in [0.29, 0.717) is 25.3 Å². The van der Waals surface area contributed by atoms with Gasteiger partial charge in [0.25, 0.3) is 0 Å². The summed E-state index contributed by atoms with van der Waals surface area (Å²) in [6.45, 7) is 4.39. The maximum atomic E-state index is 12.1. The fourth-order valence-electron chi connectivity index (χ4n) is 2.11. The highest BCUT2D eigenvalue weighted by atomic mass is 32.2.